The summed E-state index contributed by atoms with van der Waals surface area (Å²) in [6.45, 7) is 5.23. The van der Waals surface area contributed by atoms with Crippen LogP contribution in [-0.2, 0) is 10.0 Å². The number of rotatable bonds is 0. The summed E-state index contributed by atoms with van der Waals surface area (Å²) in [6, 6.07) is 0. The second-order valence-electron chi connectivity index (χ2n) is 3.84. The van der Waals surface area contributed by atoms with Gasteiger partial charge in [-0.1, -0.05) is 0 Å². The molecule has 0 aliphatic carbocycles. The van der Waals surface area contributed by atoms with Gasteiger partial charge in [0, 0.05) is 11.9 Å². The van der Waals surface area contributed by atoms with Crippen LogP contribution in [0.1, 0.15) is 22.9 Å². The molecule has 0 radical (unpaired) electrons. The lowest BCUT2D eigenvalue weighted by molar-refractivity contribution is 0.506. The van der Waals surface area contributed by atoms with E-state index in [4.69, 9.17) is 0 Å². The minimum absolute atomic E-state index is 0.0170. The fourth-order valence-electron chi connectivity index (χ4n) is 1.72. The van der Waals surface area contributed by atoms with Gasteiger partial charge < -0.3 is 5.11 Å². The molecule has 4 nitrogen and oxygen atoms in total. The van der Waals surface area contributed by atoms with Crippen LogP contribution >= 0.6 is 11.3 Å². The van der Waals surface area contributed by atoms with Crippen molar-refractivity contribution in [2.75, 3.05) is 11.4 Å². The predicted octanol–water partition coefficient (Wildman–Crippen LogP) is 2.39. The topological polar surface area (TPSA) is 57.6 Å². The van der Waals surface area contributed by atoms with Gasteiger partial charge in [0.15, 0.2) is 0 Å². The number of fused-ring (bicyclic) bond motifs is 1. The summed E-state index contributed by atoms with van der Waals surface area (Å²) < 4.78 is 25.1. The van der Waals surface area contributed by atoms with Crippen molar-refractivity contribution in [2.45, 2.75) is 20.8 Å². The highest BCUT2D eigenvalue weighted by molar-refractivity contribution is 7.97. The fourth-order valence-corrected chi connectivity index (χ4v) is 4.22. The van der Waals surface area contributed by atoms with E-state index in [1.807, 2.05) is 13.8 Å². The molecule has 0 aromatic carbocycles. The van der Waals surface area contributed by atoms with Crippen LogP contribution in [0, 0.1) is 13.8 Å². The Kier molecular flexibility index (Phi) is 2.32. The largest absolute Gasteiger partial charge is 0.506 e. The fraction of sp³-hybridized carbons (Fsp3) is 0.400. The monoisotopic (exact) mass is 259 g/mol. The second kappa shape index (κ2) is 3.24. The summed E-state index contributed by atoms with van der Waals surface area (Å²) in [4.78, 5) is 1.04. The number of aliphatic hydroxyl groups is 1. The minimum Gasteiger partial charge on any atom is -0.506 e. The molecule has 1 aliphatic heterocycles. The van der Waals surface area contributed by atoms with E-state index in [9.17, 15) is 13.5 Å². The molecule has 88 valence electrons. The molecule has 1 aromatic heterocycles. The van der Waals surface area contributed by atoms with Crippen molar-refractivity contribution < 1.29 is 13.5 Å². The maximum atomic E-state index is 11.9. The number of anilines is 1. The molecular weight excluding hydrogens is 246 g/mol. The average molecular weight is 259 g/mol. The molecule has 1 aliphatic rings. The van der Waals surface area contributed by atoms with E-state index in [0.717, 1.165) is 10.4 Å². The van der Waals surface area contributed by atoms with Crippen molar-refractivity contribution in [3.05, 3.63) is 20.9 Å². The maximum absolute atomic E-state index is 11.9. The zero-order valence-electron chi connectivity index (χ0n) is 9.53. The molecule has 0 spiro atoms. The average Bonchev–Trinajstić information content (AvgIpc) is 2.51. The number of nitrogens with zero attached hydrogens (tertiary/aromatic N) is 1. The maximum Gasteiger partial charge on any atom is 0.264 e. The van der Waals surface area contributed by atoms with Crippen LogP contribution in [0.4, 0.5) is 5.00 Å². The number of aryl methyl sites for hydroxylation is 1. The van der Waals surface area contributed by atoms with Gasteiger partial charge in [0.25, 0.3) is 10.0 Å². The molecule has 6 heteroatoms. The molecule has 0 saturated heterocycles. The Morgan fingerprint density at radius 3 is 2.38 bits per heavy atom. The van der Waals surface area contributed by atoms with Crippen LogP contribution in [0.15, 0.2) is 4.91 Å². The highest BCUT2D eigenvalue weighted by Crippen LogP contribution is 2.45. The molecular formula is C10H13NO3S2. The van der Waals surface area contributed by atoms with Crippen LogP contribution < -0.4 is 4.31 Å². The molecule has 2 rings (SSSR count). The minimum atomic E-state index is -3.53. The van der Waals surface area contributed by atoms with Crippen molar-refractivity contribution in [3.63, 3.8) is 0 Å². The van der Waals surface area contributed by atoms with Gasteiger partial charge in [0.05, 0.1) is 5.56 Å². The Balaban J connectivity index is 2.88. The van der Waals surface area contributed by atoms with E-state index in [2.05, 4.69) is 0 Å². The first-order chi connectivity index (χ1) is 7.28. The van der Waals surface area contributed by atoms with Gasteiger partial charge in [0.2, 0.25) is 0 Å². The van der Waals surface area contributed by atoms with Crippen molar-refractivity contribution in [1.82, 2.24) is 0 Å². The third-order valence-electron chi connectivity index (χ3n) is 2.97. The smallest absolute Gasteiger partial charge is 0.264 e. The van der Waals surface area contributed by atoms with Crippen LogP contribution in [0.25, 0.3) is 5.76 Å². The first kappa shape index (κ1) is 11.5. The number of sulfonamides is 1. The molecule has 2 heterocycles. The SMILES string of the molecule is CC1=C(O)c2c(sc(C)c2C)N(C)S1(=O)=O. The summed E-state index contributed by atoms with van der Waals surface area (Å²) >= 11 is 1.39. The van der Waals surface area contributed by atoms with Gasteiger partial charge >= 0.3 is 0 Å². The number of allylic oxidation sites excluding steroid dienone is 1. The molecule has 1 N–H and O–H groups in total. The third-order valence-corrected chi connectivity index (χ3v) is 6.24. The lowest BCUT2D eigenvalue weighted by Gasteiger charge is -2.25. The third kappa shape index (κ3) is 1.23. The Hall–Kier alpha value is -1.01. The quantitative estimate of drug-likeness (QED) is 0.778. The number of hydrogen-bond acceptors (Lipinski definition) is 4. The van der Waals surface area contributed by atoms with Gasteiger partial charge in [-0.15, -0.1) is 11.3 Å². The van der Waals surface area contributed by atoms with Crippen LogP contribution in [0.2, 0.25) is 0 Å². The Labute approximate surface area is 98.9 Å². The van der Waals surface area contributed by atoms with Crippen LogP contribution in [0.5, 0.6) is 0 Å². The van der Waals surface area contributed by atoms with Gasteiger partial charge in [0.1, 0.15) is 15.7 Å². The van der Waals surface area contributed by atoms with E-state index >= 15 is 0 Å². The Bertz CT molecular complexity index is 596. The molecule has 1 aromatic rings. The predicted molar refractivity (Wildman–Crippen MR) is 66.3 cm³/mol. The van der Waals surface area contributed by atoms with E-state index < -0.39 is 10.0 Å². The molecule has 0 bridgehead atoms. The van der Waals surface area contributed by atoms with Crippen molar-refractivity contribution in [1.29, 1.82) is 0 Å². The van der Waals surface area contributed by atoms with Gasteiger partial charge in [-0.2, -0.15) is 0 Å². The Morgan fingerprint density at radius 1 is 1.25 bits per heavy atom. The molecule has 0 unspecified atom stereocenters. The van der Waals surface area contributed by atoms with E-state index in [-0.39, 0.29) is 10.7 Å². The highest BCUT2D eigenvalue weighted by Gasteiger charge is 2.35. The number of aliphatic hydroxyl groups excluding tert-OH is 1. The summed E-state index contributed by atoms with van der Waals surface area (Å²) in [6.07, 6.45) is 0. The summed E-state index contributed by atoms with van der Waals surface area (Å²) in [7, 11) is -2.02. The van der Waals surface area contributed by atoms with Gasteiger partial charge in [-0.05, 0) is 26.3 Å². The standard InChI is InChI=1S/C10H13NO3S2/c1-5-6(2)15-10-8(5)9(12)7(3)16(13,14)11(10)4/h12H,1-4H3. The molecule has 16 heavy (non-hydrogen) atoms. The lowest BCUT2D eigenvalue weighted by atomic mass is 10.1. The normalized spacial score (nSPS) is 18.9. The van der Waals surface area contributed by atoms with E-state index in [1.54, 1.807) is 0 Å². The van der Waals surface area contributed by atoms with Crippen LogP contribution in [0.3, 0.4) is 0 Å². The van der Waals surface area contributed by atoms with Crippen molar-refractivity contribution >= 4 is 32.1 Å². The lowest BCUT2D eigenvalue weighted by Crippen LogP contribution is -2.30. The summed E-state index contributed by atoms with van der Waals surface area (Å²) in [5, 5.41) is 10.6. The zero-order chi connectivity index (χ0) is 12.2. The molecule has 0 amide bonds. The number of thiophene rings is 1. The second-order valence-corrected chi connectivity index (χ2v) is 7.15. The van der Waals surface area contributed by atoms with Crippen molar-refractivity contribution in [3.8, 4) is 0 Å². The van der Waals surface area contributed by atoms with E-state index in [0.29, 0.717) is 10.6 Å². The summed E-state index contributed by atoms with van der Waals surface area (Å²) in [5.74, 6) is -0.116. The Morgan fingerprint density at radius 2 is 1.81 bits per heavy atom. The molecule has 0 fully saturated rings. The first-order valence-corrected chi connectivity index (χ1v) is 7.03. The molecule has 0 saturated carbocycles. The first-order valence-electron chi connectivity index (χ1n) is 4.77. The van der Waals surface area contributed by atoms with Crippen LogP contribution in [-0.4, -0.2) is 20.6 Å². The van der Waals surface area contributed by atoms with Crippen molar-refractivity contribution in [2.24, 2.45) is 0 Å². The summed E-state index contributed by atoms with van der Waals surface area (Å²) in [5.41, 5.74) is 1.59. The number of hydrogen-bond donors (Lipinski definition) is 1. The zero-order valence-corrected chi connectivity index (χ0v) is 11.2. The molecule has 0 atom stereocenters. The van der Waals surface area contributed by atoms with Gasteiger partial charge in [-0.3, -0.25) is 4.31 Å². The highest BCUT2D eigenvalue weighted by atomic mass is 32.2. The van der Waals surface area contributed by atoms with E-state index in [1.165, 1.54) is 29.6 Å². The van der Waals surface area contributed by atoms with Gasteiger partial charge in [-0.25, -0.2) is 8.42 Å².